The summed E-state index contributed by atoms with van der Waals surface area (Å²) in [7, 11) is 0. The van der Waals surface area contributed by atoms with E-state index in [0.717, 1.165) is 4.90 Å². The number of rotatable bonds is 6. The second-order valence-corrected chi connectivity index (χ2v) is 9.19. The van der Waals surface area contributed by atoms with Gasteiger partial charge in [0.15, 0.2) is 6.61 Å². The van der Waals surface area contributed by atoms with Crippen molar-refractivity contribution in [3.05, 3.63) is 91.9 Å². The lowest BCUT2D eigenvalue weighted by molar-refractivity contribution is -0.122. The molecule has 0 radical (unpaired) electrons. The standard InChI is InChI=1S/C25H15Cl4N3O5/c26-17-7-5-14(10-19(17)28)30-22(33)12-37-21-4-2-1-3-13(21)9-16-23(34)31-25(36)32(24(16)35)15-6-8-18(27)20(29)11-15/h1-11H,12H2,(H,30,33)(H,31,34,36)/b16-9-. The molecule has 8 nitrogen and oxygen atoms in total. The number of imide groups is 2. The third-order valence-corrected chi connectivity index (χ3v) is 6.52. The van der Waals surface area contributed by atoms with Gasteiger partial charge in [0.2, 0.25) is 0 Å². The van der Waals surface area contributed by atoms with Crippen molar-refractivity contribution < 1.29 is 23.9 Å². The molecule has 3 aromatic rings. The lowest BCUT2D eigenvalue weighted by Gasteiger charge is -2.26. The molecule has 0 aliphatic carbocycles. The van der Waals surface area contributed by atoms with Gasteiger partial charge in [-0.15, -0.1) is 0 Å². The summed E-state index contributed by atoms with van der Waals surface area (Å²) in [6.45, 7) is -0.380. The number of nitrogens with one attached hydrogen (secondary N) is 2. The van der Waals surface area contributed by atoms with E-state index in [1.165, 1.54) is 30.3 Å². The highest BCUT2D eigenvalue weighted by Crippen LogP contribution is 2.30. The minimum Gasteiger partial charge on any atom is -0.483 e. The maximum atomic E-state index is 13.2. The summed E-state index contributed by atoms with van der Waals surface area (Å²) < 4.78 is 5.63. The second kappa shape index (κ2) is 11.2. The maximum absolute atomic E-state index is 13.2. The molecule has 1 heterocycles. The quantitative estimate of drug-likeness (QED) is 0.276. The van der Waals surface area contributed by atoms with Crippen molar-refractivity contribution in [2.45, 2.75) is 0 Å². The van der Waals surface area contributed by atoms with Crippen molar-refractivity contribution in [3.8, 4) is 5.75 Å². The Morgan fingerprint density at radius 2 is 1.57 bits per heavy atom. The van der Waals surface area contributed by atoms with Crippen LogP contribution in [0.1, 0.15) is 5.56 Å². The van der Waals surface area contributed by atoms with E-state index < -0.39 is 23.8 Å². The van der Waals surface area contributed by atoms with Gasteiger partial charge in [0.25, 0.3) is 17.7 Å². The molecule has 0 saturated carbocycles. The average molecular weight is 579 g/mol. The van der Waals surface area contributed by atoms with Crippen LogP contribution in [0.5, 0.6) is 5.75 Å². The average Bonchev–Trinajstić information content (AvgIpc) is 2.85. The zero-order valence-corrected chi connectivity index (χ0v) is 21.6. The summed E-state index contributed by atoms with van der Waals surface area (Å²) in [5.74, 6) is -2.03. The molecular weight excluding hydrogens is 564 g/mol. The Balaban J connectivity index is 1.55. The molecule has 1 fully saturated rings. The van der Waals surface area contributed by atoms with Gasteiger partial charge in [-0.1, -0.05) is 64.6 Å². The molecule has 4 rings (SSSR count). The number of barbiturate groups is 1. The molecule has 1 saturated heterocycles. The monoisotopic (exact) mass is 577 g/mol. The Kier molecular flexibility index (Phi) is 8.04. The summed E-state index contributed by atoms with van der Waals surface area (Å²) in [6.07, 6.45) is 1.26. The zero-order valence-electron chi connectivity index (χ0n) is 18.6. The fourth-order valence-corrected chi connectivity index (χ4v) is 3.91. The summed E-state index contributed by atoms with van der Waals surface area (Å²) in [5.41, 5.74) is 0.544. The van der Waals surface area contributed by atoms with Gasteiger partial charge in [-0.3, -0.25) is 19.7 Å². The van der Waals surface area contributed by atoms with E-state index in [9.17, 15) is 19.2 Å². The third kappa shape index (κ3) is 6.06. The molecule has 3 aromatic carbocycles. The van der Waals surface area contributed by atoms with Crippen molar-refractivity contribution in [3.63, 3.8) is 0 Å². The largest absolute Gasteiger partial charge is 0.483 e. The predicted octanol–water partition coefficient (Wildman–Crippen LogP) is 5.98. The number of hydrogen-bond acceptors (Lipinski definition) is 5. The van der Waals surface area contributed by atoms with Crippen LogP contribution < -0.4 is 20.3 Å². The van der Waals surface area contributed by atoms with Crippen LogP contribution in [0.25, 0.3) is 6.08 Å². The predicted molar refractivity (Wildman–Crippen MR) is 142 cm³/mol. The molecule has 2 N–H and O–H groups in total. The molecule has 0 unspecified atom stereocenters. The molecule has 1 aliphatic rings. The van der Waals surface area contributed by atoms with E-state index in [1.54, 1.807) is 36.4 Å². The minimum atomic E-state index is -0.936. The van der Waals surface area contributed by atoms with Gasteiger partial charge >= 0.3 is 6.03 Å². The number of hydrogen-bond donors (Lipinski definition) is 2. The molecule has 37 heavy (non-hydrogen) atoms. The number of benzene rings is 3. The van der Waals surface area contributed by atoms with Crippen molar-refractivity contribution in [1.29, 1.82) is 0 Å². The summed E-state index contributed by atoms with van der Waals surface area (Å²) >= 11 is 23.8. The molecule has 1 aliphatic heterocycles. The Labute approximate surface area is 230 Å². The molecule has 0 aromatic heterocycles. The zero-order chi connectivity index (χ0) is 26.7. The van der Waals surface area contributed by atoms with Crippen molar-refractivity contribution in [2.75, 3.05) is 16.8 Å². The number of anilines is 2. The Morgan fingerprint density at radius 1 is 0.892 bits per heavy atom. The van der Waals surface area contributed by atoms with E-state index in [0.29, 0.717) is 16.3 Å². The summed E-state index contributed by atoms with van der Waals surface area (Å²) in [4.78, 5) is 51.2. The van der Waals surface area contributed by atoms with Gasteiger partial charge in [-0.05, 0) is 48.5 Å². The second-order valence-electron chi connectivity index (χ2n) is 7.56. The lowest BCUT2D eigenvalue weighted by atomic mass is 10.1. The minimum absolute atomic E-state index is 0.124. The first-order valence-corrected chi connectivity index (χ1v) is 12.0. The molecule has 12 heteroatoms. The number of halogens is 4. The van der Waals surface area contributed by atoms with Crippen LogP contribution in [-0.2, 0) is 14.4 Å². The van der Waals surface area contributed by atoms with Gasteiger partial charge in [-0.25, -0.2) is 9.69 Å². The number of para-hydroxylation sites is 1. The Bertz CT molecular complexity index is 1470. The van der Waals surface area contributed by atoms with Gasteiger partial charge in [0.05, 0.1) is 25.8 Å². The number of carbonyl (C=O) groups excluding carboxylic acids is 4. The SMILES string of the molecule is O=C(COc1ccccc1/C=C1/C(=O)NC(=O)N(c2ccc(Cl)c(Cl)c2)C1=O)Nc1ccc(Cl)c(Cl)c1. The van der Waals surface area contributed by atoms with Crippen molar-refractivity contribution in [2.24, 2.45) is 0 Å². The molecule has 188 valence electrons. The number of ether oxygens (including phenoxy) is 1. The van der Waals surface area contributed by atoms with E-state index in [1.807, 2.05) is 0 Å². The Morgan fingerprint density at radius 3 is 2.27 bits per heavy atom. The first-order valence-electron chi connectivity index (χ1n) is 10.5. The molecular formula is C25H15Cl4N3O5. The summed E-state index contributed by atoms with van der Waals surface area (Å²) in [6, 6.07) is 14.3. The van der Waals surface area contributed by atoms with Crippen LogP contribution in [0.3, 0.4) is 0 Å². The van der Waals surface area contributed by atoms with Gasteiger partial charge < -0.3 is 10.1 Å². The van der Waals surface area contributed by atoms with Crippen LogP contribution in [-0.4, -0.2) is 30.4 Å². The van der Waals surface area contributed by atoms with E-state index >= 15 is 0 Å². The van der Waals surface area contributed by atoms with Crippen LogP contribution >= 0.6 is 46.4 Å². The number of urea groups is 1. The molecule has 0 bridgehead atoms. The highest BCUT2D eigenvalue weighted by molar-refractivity contribution is 6.43. The number of carbonyl (C=O) groups is 4. The van der Waals surface area contributed by atoms with Crippen molar-refractivity contribution >= 4 is 87.6 Å². The smallest absolute Gasteiger partial charge is 0.335 e. The Hall–Kier alpha value is -3.56. The summed E-state index contributed by atoms with van der Waals surface area (Å²) in [5, 5.41) is 5.74. The van der Waals surface area contributed by atoms with E-state index in [4.69, 9.17) is 51.1 Å². The van der Waals surface area contributed by atoms with E-state index in [2.05, 4.69) is 10.6 Å². The first-order chi connectivity index (χ1) is 17.6. The fraction of sp³-hybridized carbons (Fsp3) is 0.0400. The van der Waals surface area contributed by atoms with Crippen LogP contribution in [0.4, 0.5) is 16.2 Å². The first kappa shape index (κ1) is 26.5. The maximum Gasteiger partial charge on any atom is 0.335 e. The highest BCUT2D eigenvalue weighted by Gasteiger charge is 2.37. The van der Waals surface area contributed by atoms with Crippen LogP contribution in [0.15, 0.2) is 66.2 Å². The molecule has 5 amide bonds. The number of amides is 5. The van der Waals surface area contributed by atoms with Crippen LogP contribution in [0.2, 0.25) is 20.1 Å². The highest BCUT2D eigenvalue weighted by atomic mass is 35.5. The number of nitrogens with zero attached hydrogens (tertiary/aromatic N) is 1. The molecule has 0 spiro atoms. The van der Waals surface area contributed by atoms with Gasteiger partial charge in [0, 0.05) is 11.3 Å². The van der Waals surface area contributed by atoms with Gasteiger partial charge in [0.1, 0.15) is 11.3 Å². The normalized spacial score (nSPS) is 14.5. The van der Waals surface area contributed by atoms with Crippen LogP contribution in [0, 0.1) is 0 Å². The molecule has 0 atom stereocenters. The third-order valence-electron chi connectivity index (χ3n) is 5.04. The lowest BCUT2D eigenvalue weighted by Crippen LogP contribution is -2.54. The van der Waals surface area contributed by atoms with E-state index in [-0.39, 0.29) is 38.7 Å². The fourth-order valence-electron chi connectivity index (χ4n) is 3.32. The van der Waals surface area contributed by atoms with Gasteiger partial charge in [-0.2, -0.15) is 0 Å². The van der Waals surface area contributed by atoms with Crippen molar-refractivity contribution in [1.82, 2.24) is 5.32 Å². The topological polar surface area (TPSA) is 105 Å².